The smallest absolute Gasteiger partial charge is 0.0739 e. The minimum absolute atomic E-state index is 0.178. The highest BCUT2D eigenvalue weighted by molar-refractivity contribution is 4.85. The summed E-state index contributed by atoms with van der Waals surface area (Å²) < 4.78 is 5.44. The van der Waals surface area contributed by atoms with E-state index >= 15 is 0 Å². The molecule has 1 saturated carbocycles. The van der Waals surface area contributed by atoms with Crippen LogP contribution in [0.3, 0.4) is 0 Å². The zero-order chi connectivity index (χ0) is 9.97. The van der Waals surface area contributed by atoms with Gasteiger partial charge in [0.2, 0.25) is 0 Å². The maximum Gasteiger partial charge on any atom is 0.0739 e. The van der Waals surface area contributed by atoms with Gasteiger partial charge in [0.25, 0.3) is 0 Å². The molecule has 1 N–H and O–H groups in total. The van der Waals surface area contributed by atoms with Crippen molar-refractivity contribution < 1.29 is 9.84 Å². The summed E-state index contributed by atoms with van der Waals surface area (Å²) >= 11 is 0. The van der Waals surface area contributed by atoms with Crippen molar-refractivity contribution in [2.45, 2.75) is 38.3 Å². The van der Waals surface area contributed by atoms with E-state index in [1.807, 2.05) is 0 Å². The van der Waals surface area contributed by atoms with Crippen LogP contribution < -0.4 is 0 Å². The van der Waals surface area contributed by atoms with Crippen molar-refractivity contribution in [2.75, 3.05) is 26.3 Å². The first-order valence-corrected chi connectivity index (χ1v) is 5.81. The highest BCUT2D eigenvalue weighted by atomic mass is 16.5. The molecule has 3 heteroatoms. The number of rotatable bonds is 4. The molecule has 1 aliphatic heterocycles. The van der Waals surface area contributed by atoms with Gasteiger partial charge in [-0.3, -0.25) is 4.90 Å². The molecule has 1 aliphatic carbocycles. The van der Waals surface area contributed by atoms with E-state index in [0.717, 1.165) is 32.0 Å². The van der Waals surface area contributed by atoms with Crippen LogP contribution >= 0.6 is 0 Å². The fourth-order valence-corrected chi connectivity index (χ4v) is 2.19. The van der Waals surface area contributed by atoms with Gasteiger partial charge in [-0.25, -0.2) is 0 Å². The molecular formula is C11H21NO2. The lowest BCUT2D eigenvalue weighted by Gasteiger charge is -2.36. The Morgan fingerprint density at radius 1 is 1.36 bits per heavy atom. The average Bonchev–Trinajstić information content (AvgIpc) is 2.99. The second-order valence-corrected chi connectivity index (χ2v) is 4.53. The molecule has 2 unspecified atom stereocenters. The van der Waals surface area contributed by atoms with Crippen LogP contribution in [0.15, 0.2) is 0 Å². The minimum atomic E-state index is -0.178. The predicted octanol–water partition coefficient (Wildman–Crippen LogP) is 0.868. The molecule has 14 heavy (non-hydrogen) atoms. The van der Waals surface area contributed by atoms with Gasteiger partial charge < -0.3 is 9.84 Å². The summed E-state index contributed by atoms with van der Waals surface area (Å²) in [4.78, 5) is 2.39. The van der Waals surface area contributed by atoms with Crippen LogP contribution in [-0.4, -0.2) is 48.5 Å². The quantitative estimate of drug-likeness (QED) is 0.729. The van der Waals surface area contributed by atoms with Crippen molar-refractivity contribution in [3.8, 4) is 0 Å². The molecule has 82 valence electrons. The van der Waals surface area contributed by atoms with Crippen molar-refractivity contribution >= 4 is 0 Å². The van der Waals surface area contributed by atoms with E-state index in [0.29, 0.717) is 6.61 Å². The Kier molecular flexibility index (Phi) is 3.42. The van der Waals surface area contributed by atoms with E-state index in [-0.39, 0.29) is 12.1 Å². The third kappa shape index (κ3) is 2.47. The topological polar surface area (TPSA) is 32.7 Å². The number of nitrogens with zero attached hydrogens (tertiary/aromatic N) is 1. The second kappa shape index (κ2) is 4.60. The molecule has 0 radical (unpaired) electrons. The molecule has 0 bridgehead atoms. The summed E-state index contributed by atoms with van der Waals surface area (Å²) in [6.07, 6.45) is 3.37. The molecule has 0 amide bonds. The highest BCUT2D eigenvalue weighted by Crippen LogP contribution is 2.31. The molecule has 2 atom stereocenters. The van der Waals surface area contributed by atoms with Crippen LogP contribution in [0, 0.1) is 5.92 Å². The van der Waals surface area contributed by atoms with Crippen molar-refractivity contribution in [3.05, 3.63) is 0 Å². The van der Waals surface area contributed by atoms with E-state index in [4.69, 9.17) is 4.74 Å². The van der Waals surface area contributed by atoms with E-state index in [1.54, 1.807) is 0 Å². The van der Waals surface area contributed by atoms with Crippen molar-refractivity contribution in [2.24, 2.45) is 5.92 Å². The van der Waals surface area contributed by atoms with Gasteiger partial charge in [-0.15, -0.1) is 0 Å². The molecule has 0 aromatic rings. The monoisotopic (exact) mass is 199 g/mol. The Balaban J connectivity index is 1.87. The molecule has 0 spiro atoms. The van der Waals surface area contributed by atoms with Gasteiger partial charge in [-0.05, 0) is 31.7 Å². The van der Waals surface area contributed by atoms with Crippen molar-refractivity contribution in [1.29, 1.82) is 0 Å². The lowest BCUT2D eigenvalue weighted by Crippen LogP contribution is -2.50. The number of hydrogen-bond donors (Lipinski definition) is 1. The van der Waals surface area contributed by atoms with Gasteiger partial charge in [0.05, 0.1) is 18.8 Å². The highest BCUT2D eigenvalue weighted by Gasteiger charge is 2.32. The van der Waals surface area contributed by atoms with Gasteiger partial charge in [0, 0.05) is 13.2 Å². The number of likely N-dealkylation sites (N-methyl/N-ethyl adjacent to an activating group) is 1. The maximum absolute atomic E-state index is 9.88. The Labute approximate surface area is 86.0 Å². The van der Waals surface area contributed by atoms with Gasteiger partial charge >= 0.3 is 0 Å². The Morgan fingerprint density at radius 2 is 2.14 bits per heavy atom. The van der Waals surface area contributed by atoms with Gasteiger partial charge in [-0.2, -0.15) is 0 Å². The summed E-state index contributed by atoms with van der Waals surface area (Å²) in [7, 11) is 0. The van der Waals surface area contributed by atoms with Crippen molar-refractivity contribution in [3.63, 3.8) is 0 Å². The van der Waals surface area contributed by atoms with Crippen LogP contribution in [0.25, 0.3) is 0 Å². The molecule has 0 aromatic heterocycles. The summed E-state index contributed by atoms with van der Waals surface area (Å²) in [6, 6.07) is 0.245. The lowest BCUT2D eigenvalue weighted by atomic mass is 10.0. The van der Waals surface area contributed by atoms with Gasteiger partial charge in [0.15, 0.2) is 0 Å². The largest absolute Gasteiger partial charge is 0.391 e. The average molecular weight is 199 g/mol. The lowest BCUT2D eigenvalue weighted by molar-refractivity contribution is -0.0610. The van der Waals surface area contributed by atoms with E-state index in [9.17, 15) is 5.11 Å². The van der Waals surface area contributed by atoms with E-state index in [2.05, 4.69) is 11.8 Å². The fraction of sp³-hybridized carbons (Fsp3) is 1.00. The first-order valence-electron chi connectivity index (χ1n) is 5.81. The zero-order valence-corrected chi connectivity index (χ0v) is 8.98. The molecule has 1 saturated heterocycles. The van der Waals surface area contributed by atoms with E-state index in [1.165, 1.54) is 12.8 Å². The van der Waals surface area contributed by atoms with Crippen LogP contribution in [0.1, 0.15) is 26.2 Å². The van der Waals surface area contributed by atoms with Crippen LogP contribution in [0.4, 0.5) is 0 Å². The van der Waals surface area contributed by atoms with Crippen LogP contribution in [-0.2, 0) is 4.74 Å². The third-order valence-corrected chi connectivity index (χ3v) is 3.36. The molecule has 2 rings (SSSR count). The predicted molar refractivity (Wildman–Crippen MR) is 55.2 cm³/mol. The minimum Gasteiger partial charge on any atom is -0.391 e. The second-order valence-electron chi connectivity index (χ2n) is 4.53. The molecule has 2 aliphatic rings. The summed E-state index contributed by atoms with van der Waals surface area (Å²) in [6.45, 7) is 5.78. The number of aliphatic hydroxyl groups excluding tert-OH is 1. The number of ether oxygens (including phenoxy) is 1. The summed E-state index contributed by atoms with van der Waals surface area (Å²) in [5.74, 6) is 0.893. The number of aliphatic hydroxyl groups is 1. The fourth-order valence-electron chi connectivity index (χ4n) is 2.19. The number of hydrogen-bond acceptors (Lipinski definition) is 3. The van der Waals surface area contributed by atoms with Gasteiger partial charge in [0.1, 0.15) is 0 Å². The third-order valence-electron chi connectivity index (χ3n) is 3.36. The standard InChI is InChI=1S/C11H21NO2/c1-2-12(7-9-3-4-9)10-8-14-6-5-11(10)13/h9-11,13H,2-8H2,1H3. The van der Waals surface area contributed by atoms with Crippen molar-refractivity contribution in [1.82, 2.24) is 4.90 Å². The summed E-state index contributed by atoms with van der Waals surface area (Å²) in [5.41, 5.74) is 0. The Morgan fingerprint density at radius 3 is 2.71 bits per heavy atom. The van der Waals surface area contributed by atoms with Crippen LogP contribution in [0.5, 0.6) is 0 Å². The summed E-state index contributed by atoms with van der Waals surface area (Å²) in [5, 5.41) is 9.88. The van der Waals surface area contributed by atoms with E-state index < -0.39 is 0 Å². The first-order chi connectivity index (χ1) is 6.81. The molecular weight excluding hydrogens is 178 g/mol. The van der Waals surface area contributed by atoms with Crippen LogP contribution in [0.2, 0.25) is 0 Å². The molecule has 1 heterocycles. The zero-order valence-electron chi connectivity index (χ0n) is 8.98. The molecule has 0 aromatic carbocycles. The Hall–Kier alpha value is -0.120. The Bertz CT molecular complexity index is 182. The normalized spacial score (nSPS) is 33.6. The molecule has 2 fully saturated rings. The first kappa shape index (κ1) is 10.4. The maximum atomic E-state index is 9.88. The SMILES string of the molecule is CCN(CC1CC1)C1COCCC1O. The van der Waals surface area contributed by atoms with Gasteiger partial charge in [-0.1, -0.05) is 6.92 Å². The molecule has 3 nitrogen and oxygen atoms in total.